The summed E-state index contributed by atoms with van der Waals surface area (Å²) in [5.74, 6) is 0.852. The van der Waals surface area contributed by atoms with E-state index in [1.54, 1.807) is 0 Å². The molecule has 0 aliphatic carbocycles. The van der Waals surface area contributed by atoms with Crippen LogP contribution in [0.25, 0.3) is 0 Å². The quantitative estimate of drug-likeness (QED) is 0.884. The van der Waals surface area contributed by atoms with Crippen LogP contribution in [-0.2, 0) is 6.42 Å². The van der Waals surface area contributed by atoms with Gasteiger partial charge in [-0.25, -0.2) is 0 Å². The maximum absolute atomic E-state index is 12.5. The highest BCUT2D eigenvalue weighted by atomic mass is 16.2. The molecule has 1 aliphatic rings. The molecule has 1 amide bonds. The van der Waals surface area contributed by atoms with E-state index >= 15 is 0 Å². The molecule has 3 heteroatoms. The summed E-state index contributed by atoms with van der Waals surface area (Å²) in [6.45, 7) is 4.59. The standard InChI is InChI=1S/C15H22N2O/c1-2-12-8-10-17(11-12)15(18)14-6-4-3-5-13(14)7-9-16/h3-6,12H,2,7-11,16H2,1H3. The Morgan fingerprint density at radius 3 is 2.89 bits per heavy atom. The monoisotopic (exact) mass is 246 g/mol. The minimum atomic E-state index is 0.176. The number of hydrogen-bond donors (Lipinski definition) is 1. The van der Waals surface area contributed by atoms with Crippen LogP contribution in [0.2, 0.25) is 0 Å². The van der Waals surface area contributed by atoms with Crippen molar-refractivity contribution in [3.63, 3.8) is 0 Å². The Labute approximate surface area is 109 Å². The SMILES string of the molecule is CCC1CCN(C(=O)c2ccccc2CCN)C1. The second-order valence-electron chi connectivity index (χ2n) is 5.01. The fraction of sp³-hybridized carbons (Fsp3) is 0.533. The zero-order valence-electron chi connectivity index (χ0n) is 11.1. The van der Waals surface area contributed by atoms with E-state index in [0.29, 0.717) is 12.5 Å². The van der Waals surface area contributed by atoms with E-state index in [1.807, 2.05) is 29.2 Å². The Morgan fingerprint density at radius 2 is 2.22 bits per heavy atom. The Hall–Kier alpha value is -1.35. The summed E-state index contributed by atoms with van der Waals surface area (Å²) in [4.78, 5) is 14.5. The van der Waals surface area contributed by atoms with Crippen LogP contribution in [0.3, 0.4) is 0 Å². The van der Waals surface area contributed by atoms with Crippen LogP contribution >= 0.6 is 0 Å². The van der Waals surface area contributed by atoms with Gasteiger partial charge in [0.1, 0.15) is 0 Å². The van der Waals surface area contributed by atoms with Gasteiger partial charge in [0.2, 0.25) is 0 Å². The molecule has 98 valence electrons. The molecule has 0 saturated carbocycles. The number of amides is 1. The van der Waals surface area contributed by atoms with E-state index in [9.17, 15) is 4.79 Å². The molecule has 1 aromatic carbocycles. The summed E-state index contributed by atoms with van der Waals surface area (Å²) >= 11 is 0. The molecule has 1 atom stereocenters. The van der Waals surface area contributed by atoms with Crippen molar-refractivity contribution in [2.24, 2.45) is 11.7 Å². The van der Waals surface area contributed by atoms with Gasteiger partial charge in [0, 0.05) is 18.7 Å². The van der Waals surface area contributed by atoms with Crippen LogP contribution in [0.4, 0.5) is 0 Å². The first-order valence-corrected chi connectivity index (χ1v) is 6.83. The summed E-state index contributed by atoms with van der Waals surface area (Å²) in [5, 5.41) is 0. The minimum Gasteiger partial charge on any atom is -0.338 e. The van der Waals surface area contributed by atoms with Gasteiger partial charge in [-0.05, 0) is 36.9 Å². The lowest BCUT2D eigenvalue weighted by Crippen LogP contribution is -2.29. The van der Waals surface area contributed by atoms with Crippen molar-refractivity contribution in [3.05, 3.63) is 35.4 Å². The van der Waals surface area contributed by atoms with Crippen molar-refractivity contribution < 1.29 is 4.79 Å². The van der Waals surface area contributed by atoms with Crippen molar-refractivity contribution >= 4 is 5.91 Å². The molecule has 2 rings (SSSR count). The number of carbonyl (C=O) groups excluding carboxylic acids is 1. The number of nitrogens with zero attached hydrogens (tertiary/aromatic N) is 1. The first-order valence-electron chi connectivity index (χ1n) is 6.83. The molecule has 1 aromatic rings. The Kier molecular flexibility index (Phi) is 4.37. The average Bonchev–Trinajstić information content (AvgIpc) is 2.88. The molecule has 0 aromatic heterocycles. The molecule has 1 saturated heterocycles. The van der Waals surface area contributed by atoms with E-state index in [1.165, 1.54) is 0 Å². The van der Waals surface area contributed by atoms with E-state index in [2.05, 4.69) is 6.92 Å². The van der Waals surface area contributed by atoms with Crippen LogP contribution in [0.15, 0.2) is 24.3 Å². The molecule has 18 heavy (non-hydrogen) atoms. The van der Waals surface area contributed by atoms with E-state index in [0.717, 1.165) is 43.5 Å². The number of nitrogens with two attached hydrogens (primary N) is 1. The molecular weight excluding hydrogens is 224 g/mol. The van der Waals surface area contributed by atoms with Gasteiger partial charge >= 0.3 is 0 Å². The first-order chi connectivity index (χ1) is 8.76. The Bertz CT molecular complexity index is 417. The molecule has 0 bridgehead atoms. The molecule has 1 unspecified atom stereocenters. The zero-order valence-corrected chi connectivity index (χ0v) is 11.1. The average molecular weight is 246 g/mol. The highest BCUT2D eigenvalue weighted by Gasteiger charge is 2.26. The van der Waals surface area contributed by atoms with Gasteiger partial charge < -0.3 is 10.6 Å². The van der Waals surface area contributed by atoms with Gasteiger partial charge in [0.05, 0.1) is 0 Å². The lowest BCUT2D eigenvalue weighted by atomic mass is 10.0. The summed E-state index contributed by atoms with van der Waals surface area (Å²) in [6, 6.07) is 7.83. The van der Waals surface area contributed by atoms with Crippen molar-refractivity contribution in [2.75, 3.05) is 19.6 Å². The predicted octanol–water partition coefficient (Wildman–Crippen LogP) is 2.06. The number of benzene rings is 1. The number of rotatable bonds is 4. The van der Waals surface area contributed by atoms with Crippen LogP contribution in [0, 0.1) is 5.92 Å². The smallest absolute Gasteiger partial charge is 0.254 e. The summed E-state index contributed by atoms with van der Waals surface area (Å²) < 4.78 is 0. The first kappa shape index (κ1) is 13.1. The maximum Gasteiger partial charge on any atom is 0.254 e. The summed E-state index contributed by atoms with van der Waals surface area (Å²) in [6.07, 6.45) is 3.07. The van der Waals surface area contributed by atoms with Crippen LogP contribution in [-0.4, -0.2) is 30.4 Å². The van der Waals surface area contributed by atoms with Gasteiger partial charge in [0.15, 0.2) is 0 Å². The highest BCUT2D eigenvalue weighted by Crippen LogP contribution is 2.22. The third kappa shape index (κ3) is 2.72. The molecule has 1 aliphatic heterocycles. The fourth-order valence-corrected chi connectivity index (χ4v) is 2.62. The minimum absolute atomic E-state index is 0.176. The molecule has 0 spiro atoms. The second kappa shape index (κ2) is 6.01. The number of hydrogen-bond acceptors (Lipinski definition) is 2. The van der Waals surface area contributed by atoms with Crippen molar-refractivity contribution in [1.29, 1.82) is 0 Å². The normalized spacial score (nSPS) is 19.2. The highest BCUT2D eigenvalue weighted by molar-refractivity contribution is 5.95. The molecule has 1 heterocycles. The summed E-state index contributed by atoms with van der Waals surface area (Å²) in [5.41, 5.74) is 7.51. The zero-order chi connectivity index (χ0) is 13.0. The van der Waals surface area contributed by atoms with Gasteiger partial charge in [0.25, 0.3) is 5.91 Å². The molecular formula is C15H22N2O. The molecule has 3 nitrogen and oxygen atoms in total. The van der Waals surface area contributed by atoms with Crippen LogP contribution in [0.5, 0.6) is 0 Å². The third-order valence-corrected chi connectivity index (χ3v) is 3.81. The second-order valence-corrected chi connectivity index (χ2v) is 5.01. The van der Waals surface area contributed by atoms with Gasteiger partial charge in [-0.1, -0.05) is 31.5 Å². The molecule has 1 fully saturated rings. The fourth-order valence-electron chi connectivity index (χ4n) is 2.62. The third-order valence-electron chi connectivity index (χ3n) is 3.81. The Morgan fingerprint density at radius 1 is 1.44 bits per heavy atom. The number of likely N-dealkylation sites (tertiary alicyclic amines) is 1. The predicted molar refractivity (Wildman–Crippen MR) is 73.5 cm³/mol. The molecule has 0 radical (unpaired) electrons. The van der Waals surface area contributed by atoms with Crippen LogP contribution < -0.4 is 5.73 Å². The van der Waals surface area contributed by atoms with E-state index < -0.39 is 0 Å². The van der Waals surface area contributed by atoms with Gasteiger partial charge in [-0.3, -0.25) is 4.79 Å². The van der Waals surface area contributed by atoms with Crippen molar-refractivity contribution in [3.8, 4) is 0 Å². The Balaban J connectivity index is 2.14. The van der Waals surface area contributed by atoms with E-state index in [4.69, 9.17) is 5.73 Å². The number of carbonyl (C=O) groups is 1. The molecule has 2 N–H and O–H groups in total. The van der Waals surface area contributed by atoms with Gasteiger partial charge in [-0.15, -0.1) is 0 Å². The van der Waals surface area contributed by atoms with E-state index in [-0.39, 0.29) is 5.91 Å². The lowest BCUT2D eigenvalue weighted by molar-refractivity contribution is 0.0786. The van der Waals surface area contributed by atoms with Crippen LogP contribution in [0.1, 0.15) is 35.7 Å². The maximum atomic E-state index is 12.5. The van der Waals surface area contributed by atoms with Crippen molar-refractivity contribution in [2.45, 2.75) is 26.2 Å². The summed E-state index contributed by atoms with van der Waals surface area (Å²) in [7, 11) is 0. The largest absolute Gasteiger partial charge is 0.338 e. The lowest BCUT2D eigenvalue weighted by Gasteiger charge is -2.18. The topological polar surface area (TPSA) is 46.3 Å². The van der Waals surface area contributed by atoms with Gasteiger partial charge in [-0.2, -0.15) is 0 Å². The van der Waals surface area contributed by atoms with Crippen molar-refractivity contribution in [1.82, 2.24) is 4.90 Å².